The van der Waals surface area contributed by atoms with Gasteiger partial charge in [-0.25, -0.2) is 14.2 Å². The number of anilines is 3. The number of carbonyl (C=O) groups excluding carboxylic acids is 1. The predicted molar refractivity (Wildman–Crippen MR) is 200 cm³/mol. The SMILES string of the molecule is O=C(NCc1ccccn1)Nc1nc2ccc(OS(=O)(=O)c3ccc(NCCF)cc3)cc2[nH]1.O=S(=O)(O)c1ccc(NCCN2CCCCC2)cc1. The molecule has 282 valence electrons. The number of piperidine rings is 1. The van der Waals surface area contributed by atoms with Crippen LogP contribution >= 0.6 is 0 Å². The molecule has 5 aromatic rings. The van der Waals surface area contributed by atoms with Gasteiger partial charge >= 0.3 is 16.1 Å². The maximum atomic E-state index is 12.6. The molecule has 2 amide bonds. The van der Waals surface area contributed by atoms with Crippen LogP contribution < -0.4 is 25.5 Å². The van der Waals surface area contributed by atoms with Crippen LogP contribution in [0.2, 0.25) is 0 Å². The fourth-order valence-electron chi connectivity index (χ4n) is 5.32. The van der Waals surface area contributed by atoms with Crippen LogP contribution in [0.1, 0.15) is 25.0 Å². The number of alkyl halides is 1. The smallest absolute Gasteiger partial charge is 0.339 e. The number of halogens is 1. The van der Waals surface area contributed by atoms with E-state index in [1.54, 1.807) is 36.5 Å². The number of fused-ring (bicyclic) bond motifs is 1. The highest BCUT2D eigenvalue weighted by atomic mass is 32.2. The van der Waals surface area contributed by atoms with Gasteiger partial charge in [-0.05, 0) is 98.7 Å². The summed E-state index contributed by atoms with van der Waals surface area (Å²) in [4.78, 5) is 25.7. The molecule has 1 saturated heterocycles. The number of aromatic nitrogens is 3. The summed E-state index contributed by atoms with van der Waals surface area (Å²) < 4.78 is 73.3. The fourth-order valence-corrected chi connectivity index (χ4v) is 6.72. The number of likely N-dealkylation sites (tertiary alicyclic amines) is 1. The summed E-state index contributed by atoms with van der Waals surface area (Å²) in [5.74, 6) is 0.256. The lowest BCUT2D eigenvalue weighted by Crippen LogP contribution is -2.33. The zero-order chi connectivity index (χ0) is 37.7. The standard InChI is InChI=1S/C22H21FN6O4S.C13H20N2O3S/c23-10-12-25-15-4-7-18(8-5-15)34(31,32)33-17-6-9-19-20(13-17)28-21(27-19)29-22(30)26-14-16-3-1-2-11-24-16;16-19(17,18)13-6-4-12(5-7-13)14-8-11-15-9-2-1-3-10-15/h1-9,11,13,25H,10,12,14H2,(H3,26,27,28,29,30);4-7,14H,1-3,8-11H2,(H,16,17,18). The molecule has 0 saturated carbocycles. The largest absolute Gasteiger partial charge is 0.384 e. The van der Waals surface area contributed by atoms with Crippen LogP contribution in [0.15, 0.2) is 101 Å². The molecule has 1 aliphatic rings. The lowest BCUT2D eigenvalue weighted by Gasteiger charge is -2.26. The Morgan fingerprint density at radius 1 is 0.868 bits per heavy atom. The summed E-state index contributed by atoms with van der Waals surface area (Å²) in [5.41, 5.74) is 3.14. The van der Waals surface area contributed by atoms with E-state index in [9.17, 15) is 26.0 Å². The number of urea groups is 1. The first-order valence-corrected chi connectivity index (χ1v) is 19.7. The predicted octanol–water partition coefficient (Wildman–Crippen LogP) is 5.26. The van der Waals surface area contributed by atoms with E-state index in [1.807, 2.05) is 6.07 Å². The van der Waals surface area contributed by atoms with Crippen molar-refractivity contribution in [3.05, 3.63) is 96.8 Å². The second-order valence-corrected chi connectivity index (χ2v) is 14.9. The van der Waals surface area contributed by atoms with E-state index in [0.29, 0.717) is 22.4 Å². The summed E-state index contributed by atoms with van der Waals surface area (Å²) in [7, 11) is -8.18. The number of carbonyl (C=O) groups is 1. The van der Waals surface area contributed by atoms with Crippen LogP contribution in [0, 0.1) is 0 Å². The van der Waals surface area contributed by atoms with E-state index in [1.165, 1.54) is 80.9 Å². The molecular formula is C35H41FN8O7S2. The minimum atomic E-state index is -4.09. The molecular weight excluding hydrogens is 728 g/mol. The van der Waals surface area contributed by atoms with Gasteiger partial charge in [0.25, 0.3) is 10.1 Å². The lowest BCUT2D eigenvalue weighted by atomic mass is 10.1. The van der Waals surface area contributed by atoms with E-state index in [4.69, 9.17) is 8.74 Å². The zero-order valence-electron chi connectivity index (χ0n) is 28.7. The highest BCUT2D eigenvalue weighted by molar-refractivity contribution is 7.87. The molecule has 3 heterocycles. The minimum Gasteiger partial charge on any atom is -0.384 e. The minimum absolute atomic E-state index is 0.0464. The number of nitrogens with one attached hydrogen (secondary N) is 5. The summed E-state index contributed by atoms with van der Waals surface area (Å²) in [6.45, 7) is 4.02. The Morgan fingerprint density at radius 3 is 2.19 bits per heavy atom. The third kappa shape index (κ3) is 12.1. The van der Waals surface area contributed by atoms with E-state index in [2.05, 4.69) is 41.1 Å². The Hall–Kier alpha value is -5.30. The molecule has 53 heavy (non-hydrogen) atoms. The number of pyridine rings is 1. The Bertz CT molecular complexity index is 2150. The molecule has 0 spiro atoms. The van der Waals surface area contributed by atoms with Gasteiger partial charge in [-0.1, -0.05) is 12.5 Å². The van der Waals surface area contributed by atoms with Gasteiger partial charge in [-0.15, -0.1) is 0 Å². The monoisotopic (exact) mass is 768 g/mol. The molecule has 1 aliphatic heterocycles. The van der Waals surface area contributed by atoms with E-state index in [-0.39, 0.29) is 34.6 Å². The van der Waals surface area contributed by atoms with Crippen LogP contribution in [0.4, 0.5) is 26.5 Å². The number of rotatable bonds is 14. The van der Waals surface area contributed by atoms with Crippen LogP contribution in [0.25, 0.3) is 11.0 Å². The summed E-state index contributed by atoms with van der Waals surface area (Å²) in [5, 5.41) is 11.3. The Kier molecular flexibility index (Phi) is 13.6. The number of aromatic amines is 1. The van der Waals surface area contributed by atoms with Crippen LogP contribution in [0.3, 0.4) is 0 Å². The van der Waals surface area contributed by atoms with Crippen molar-refractivity contribution in [2.24, 2.45) is 0 Å². The van der Waals surface area contributed by atoms with Gasteiger partial charge in [0.05, 0.1) is 28.2 Å². The molecule has 3 aromatic carbocycles. The van der Waals surface area contributed by atoms with Gasteiger partial charge < -0.3 is 30.0 Å². The number of imidazole rings is 1. The van der Waals surface area contributed by atoms with Gasteiger partial charge in [0.15, 0.2) is 0 Å². The van der Waals surface area contributed by atoms with Gasteiger partial charge in [-0.3, -0.25) is 14.9 Å². The second-order valence-electron chi connectivity index (χ2n) is 11.9. The molecule has 2 aromatic heterocycles. The van der Waals surface area contributed by atoms with Crippen molar-refractivity contribution in [3.8, 4) is 5.75 Å². The zero-order valence-corrected chi connectivity index (χ0v) is 30.3. The van der Waals surface area contributed by atoms with Crippen molar-refractivity contribution in [2.45, 2.75) is 35.6 Å². The van der Waals surface area contributed by atoms with Crippen molar-refractivity contribution in [2.75, 3.05) is 55.3 Å². The number of H-pyrrole nitrogens is 1. The fraction of sp³-hybridized carbons (Fsp3) is 0.286. The summed E-state index contributed by atoms with van der Waals surface area (Å²) in [6.07, 6.45) is 5.53. The third-order valence-corrected chi connectivity index (χ3v) is 10.1. The number of hydrogen-bond donors (Lipinski definition) is 6. The number of amides is 2. The number of benzene rings is 3. The molecule has 6 N–H and O–H groups in total. The van der Waals surface area contributed by atoms with Gasteiger partial charge in [0.2, 0.25) is 5.95 Å². The van der Waals surface area contributed by atoms with E-state index in [0.717, 1.165) is 18.8 Å². The van der Waals surface area contributed by atoms with Crippen molar-refractivity contribution in [3.63, 3.8) is 0 Å². The first-order chi connectivity index (χ1) is 25.5. The average molecular weight is 769 g/mol. The summed E-state index contributed by atoms with van der Waals surface area (Å²) in [6, 6.07) is 21.3. The number of nitrogens with zero attached hydrogens (tertiary/aromatic N) is 3. The Labute approximate surface area is 307 Å². The van der Waals surface area contributed by atoms with Gasteiger partial charge in [-0.2, -0.15) is 16.8 Å². The maximum absolute atomic E-state index is 12.6. The molecule has 0 radical (unpaired) electrons. The molecule has 15 nitrogen and oxygen atoms in total. The first kappa shape index (κ1) is 38.9. The Morgan fingerprint density at radius 2 is 1.55 bits per heavy atom. The van der Waals surface area contributed by atoms with Gasteiger partial charge in [0, 0.05) is 43.3 Å². The quantitative estimate of drug-likeness (QED) is 0.0632. The third-order valence-electron chi connectivity index (χ3n) is 7.97. The van der Waals surface area contributed by atoms with E-state index >= 15 is 0 Å². The molecule has 1 fully saturated rings. The number of hydrogen-bond acceptors (Lipinski definition) is 11. The Balaban J connectivity index is 0.000000241. The highest BCUT2D eigenvalue weighted by Gasteiger charge is 2.18. The van der Waals surface area contributed by atoms with E-state index < -0.39 is 32.9 Å². The van der Waals surface area contributed by atoms with Crippen LogP contribution in [0.5, 0.6) is 5.75 Å². The van der Waals surface area contributed by atoms with Crippen molar-refractivity contribution < 1.29 is 34.8 Å². The molecule has 18 heteroatoms. The van der Waals surface area contributed by atoms with Crippen molar-refractivity contribution >= 4 is 54.6 Å². The highest BCUT2D eigenvalue weighted by Crippen LogP contribution is 2.25. The summed E-state index contributed by atoms with van der Waals surface area (Å²) >= 11 is 0. The lowest BCUT2D eigenvalue weighted by molar-refractivity contribution is 0.237. The van der Waals surface area contributed by atoms with Crippen molar-refractivity contribution in [1.82, 2.24) is 25.2 Å². The maximum Gasteiger partial charge on any atom is 0.339 e. The molecule has 0 unspecified atom stereocenters. The molecule has 0 aliphatic carbocycles. The normalized spacial score (nSPS) is 13.4. The topological polar surface area (TPSA) is 208 Å². The second kappa shape index (κ2) is 18.5. The first-order valence-electron chi connectivity index (χ1n) is 16.8. The molecule has 0 atom stereocenters. The van der Waals surface area contributed by atoms with Gasteiger partial charge in [0.1, 0.15) is 17.3 Å². The molecule has 6 rings (SSSR count). The molecule has 0 bridgehead atoms. The van der Waals surface area contributed by atoms with Crippen LogP contribution in [-0.2, 0) is 26.8 Å². The van der Waals surface area contributed by atoms with Crippen molar-refractivity contribution in [1.29, 1.82) is 0 Å². The van der Waals surface area contributed by atoms with Crippen LogP contribution in [-0.4, -0.2) is 86.7 Å². The average Bonchev–Trinajstić information content (AvgIpc) is 3.55.